The van der Waals surface area contributed by atoms with Gasteiger partial charge in [0.2, 0.25) is 0 Å². The third-order valence-corrected chi connectivity index (χ3v) is 28.7. The maximum absolute atomic E-state index is 2.57. The van der Waals surface area contributed by atoms with Crippen LogP contribution in [0.1, 0.15) is 105 Å². The Labute approximate surface area is 397 Å². The number of thioether (sulfide) groups is 14. The summed E-state index contributed by atoms with van der Waals surface area (Å²) in [4.78, 5) is 2.85. The summed E-state index contributed by atoms with van der Waals surface area (Å²) in [7, 11) is 0. The number of hydrogen-bond acceptors (Lipinski definition) is 14. The van der Waals surface area contributed by atoms with Crippen LogP contribution in [0.2, 0.25) is 0 Å². The summed E-state index contributed by atoms with van der Waals surface area (Å²) in [6.45, 7) is 9.26. The van der Waals surface area contributed by atoms with Gasteiger partial charge < -0.3 is 0 Å². The van der Waals surface area contributed by atoms with Gasteiger partial charge >= 0.3 is 0 Å². The maximum Gasteiger partial charge on any atom is 0.0717 e. The van der Waals surface area contributed by atoms with Crippen molar-refractivity contribution in [1.29, 1.82) is 0 Å². The number of fused-ring (bicyclic) bond motifs is 2. The van der Waals surface area contributed by atoms with Gasteiger partial charge in [-0.05, 0) is 84.1 Å². The quantitative estimate of drug-likeness (QED) is 0.103. The predicted molar refractivity (Wildman–Crippen MR) is 290 cm³/mol. The monoisotopic (exact) mass is 1010 g/mol. The molecule has 0 amide bonds. The lowest BCUT2D eigenvalue weighted by molar-refractivity contribution is 0.779. The first-order valence-corrected chi connectivity index (χ1v) is 32.8. The topological polar surface area (TPSA) is 0 Å². The average molecular weight is 1010 g/mol. The molecule has 0 saturated carbocycles. The van der Waals surface area contributed by atoms with Crippen molar-refractivity contribution in [2.24, 2.45) is 0 Å². The van der Waals surface area contributed by atoms with E-state index in [1.165, 1.54) is 156 Å². The SMILES string of the molecule is CCCCCSC1=C(SCCCCC)SC(=c2ccc(=C3SC(SCCCCC)=C(SCCCCC)S3)c3cc4c(cc23)SC(=C2SC(SC)=C(SC)S2)S4)S1. The Morgan fingerprint density at radius 3 is 0.982 bits per heavy atom. The van der Waals surface area contributed by atoms with E-state index >= 15 is 0 Å². The van der Waals surface area contributed by atoms with Crippen molar-refractivity contribution in [3.05, 3.63) is 68.6 Å². The van der Waals surface area contributed by atoms with Gasteiger partial charge in [0.25, 0.3) is 0 Å². The van der Waals surface area contributed by atoms with Gasteiger partial charge in [0.05, 0.1) is 42.4 Å². The number of unbranched alkanes of at least 4 members (excludes halogenated alkanes) is 8. The molecule has 0 saturated heterocycles. The van der Waals surface area contributed by atoms with Crippen LogP contribution in [0.15, 0.2) is 68.0 Å². The maximum atomic E-state index is 2.57. The Morgan fingerprint density at radius 2 is 0.679 bits per heavy atom. The van der Waals surface area contributed by atoms with E-state index in [4.69, 9.17) is 0 Å². The van der Waals surface area contributed by atoms with E-state index in [1.54, 1.807) is 16.9 Å². The van der Waals surface area contributed by atoms with Gasteiger partial charge in [0.15, 0.2) is 0 Å². The minimum Gasteiger partial charge on any atom is -0.121 e. The molecule has 0 fully saturated rings. The number of benzene rings is 2. The molecule has 0 aliphatic carbocycles. The second-order valence-electron chi connectivity index (χ2n) is 13.3. The van der Waals surface area contributed by atoms with E-state index in [2.05, 4.69) is 159 Å². The lowest BCUT2D eigenvalue weighted by Gasteiger charge is -2.08. The molecule has 0 bridgehead atoms. The molecule has 4 aliphatic heterocycles. The molecule has 2 aromatic carbocycles. The fraction of sp³-hybridized carbons (Fsp3) is 0.524. The third kappa shape index (κ3) is 13.0. The van der Waals surface area contributed by atoms with Crippen LogP contribution in [-0.2, 0) is 0 Å². The van der Waals surface area contributed by atoms with Crippen LogP contribution in [0, 0.1) is 0 Å². The van der Waals surface area contributed by atoms with Crippen molar-refractivity contribution in [3.63, 3.8) is 0 Å². The molecule has 0 radical (unpaired) electrons. The van der Waals surface area contributed by atoms with Gasteiger partial charge in [0, 0.05) is 20.2 Å². The Balaban J connectivity index is 1.41. The zero-order valence-electron chi connectivity index (χ0n) is 33.3. The summed E-state index contributed by atoms with van der Waals surface area (Å²) >= 11 is 28.5. The van der Waals surface area contributed by atoms with Crippen LogP contribution in [0.25, 0.3) is 19.2 Å². The summed E-state index contributed by atoms with van der Waals surface area (Å²) in [5.41, 5.74) is 0. The zero-order chi connectivity index (χ0) is 39.3. The first kappa shape index (κ1) is 47.8. The van der Waals surface area contributed by atoms with Crippen molar-refractivity contribution in [3.8, 4) is 0 Å². The van der Waals surface area contributed by atoms with Crippen LogP contribution in [0.3, 0.4) is 0 Å². The summed E-state index contributed by atoms with van der Waals surface area (Å²) in [5, 5.41) is 5.71. The minimum atomic E-state index is 1.22. The number of rotatable bonds is 22. The van der Waals surface area contributed by atoms with Crippen LogP contribution in [0.5, 0.6) is 0 Å². The van der Waals surface area contributed by atoms with Crippen molar-refractivity contribution < 1.29 is 0 Å². The highest BCUT2D eigenvalue weighted by Crippen LogP contribution is 2.64. The molecular formula is C42H54S14. The molecule has 4 heterocycles. The molecule has 0 spiro atoms. The Hall–Kier alpha value is 2.30. The lowest BCUT2D eigenvalue weighted by Crippen LogP contribution is -2.13. The fourth-order valence-electron chi connectivity index (χ4n) is 5.96. The minimum absolute atomic E-state index is 1.22. The van der Waals surface area contributed by atoms with E-state index < -0.39 is 0 Å². The molecule has 4 aliphatic rings. The Morgan fingerprint density at radius 1 is 0.375 bits per heavy atom. The van der Waals surface area contributed by atoms with Gasteiger partial charge in [-0.3, -0.25) is 0 Å². The first-order valence-electron chi connectivity index (χ1n) is 19.9. The van der Waals surface area contributed by atoms with Crippen LogP contribution < -0.4 is 10.4 Å². The Bertz CT molecular complexity index is 1760. The van der Waals surface area contributed by atoms with Crippen LogP contribution >= 0.6 is 165 Å². The molecule has 0 aromatic heterocycles. The summed E-state index contributed by atoms with van der Waals surface area (Å²) in [6.07, 6.45) is 20.1. The predicted octanol–water partition coefficient (Wildman–Crippen LogP) is 18.5. The molecule has 6 rings (SSSR count). The van der Waals surface area contributed by atoms with E-state index in [0.717, 1.165) is 0 Å². The van der Waals surface area contributed by atoms with Gasteiger partial charge in [-0.1, -0.05) is 185 Å². The van der Waals surface area contributed by atoms with Crippen molar-refractivity contribution in [2.45, 2.75) is 115 Å². The smallest absolute Gasteiger partial charge is 0.0717 e. The summed E-state index contributed by atoms with van der Waals surface area (Å²) in [6, 6.07) is 10.1. The van der Waals surface area contributed by atoms with Gasteiger partial charge in [-0.2, -0.15) is 0 Å². The molecule has 0 N–H and O–H groups in total. The van der Waals surface area contributed by atoms with Crippen molar-refractivity contribution in [1.82, 2.24) is 0 Å². The van der Waals surface area contributed by atoms with Crippen molar-refractivity contribution >= 4 is 184 Å². The van der Waals surface area contributed by atoms with E-state index in [0.29, 0.717) is 0 Å². The van der Waals surface area contributed by atoms with E-state index in [-0.39, 0.29) is 0 Å². The third-order valence-electron chi connectivity index (χ3n) is 9.00. The molecule has 306 valence electrons. The molecule has 56 heavy (non-hydrogen) atoms. The largest absolute Gasteiger partial charge is 0.121 e. The average Bonchev–Trinajstić information content (AvgIpc) is 4.02. The van der Waals surface area contributed by atoms with E-state index in [1.807, 2.05) is 70.6 Å². The summed E-state index contributed by atoms with van der Waals surface area (Å²) in [5.74, 6) is 4.89. The molecule has 14 heteroatoms. The van der Waals surface area contributed by atoms with E-state index in [9.17, 15) is 0 Å². The first-order chi connectivity index (χ1) is 27.5. The molecule has 0 atom stereocenters. The molecule has 0 nitrogen and oxygen atoms in total. The van der Waals surface area contributed by atoms with Gasteiger partial charge in [-0.25, -0.2) is 0 Å². The zero-order valence-corrected chi connectivity index (χ0v) is 44.8. The fourth-order valence-corrected chi connectivity index (χ4v) is 25.9. The standard InChI is InChI=1S/C42H54S14/c1-7-11-15-21-45-37-38(46-22-16-12-8-2)52-33(51-37)27-19-20-28(34-53-39(47-23-17-13-9-3)40(54-34)48-24-18-14-10-4)30-26-32-31(25-29(27)30)49-41(50-32)42-55-35(43-5)36(44-6)56-42/h19-20,25-26H,7-18,21-24H2,1-6H3. The normalized spacial score (nSPS) is 17.4. The molecule has 2 aromatic rings. The second-order valence-corrected chi connectivity index (χ2v) is 30.2. The van der Waals surface area contributed by atoms with Gasteiger partial charge in [-0.15, -0.1) is 70.6 Å². The highest BCUT2D eigenvalue weighted by atomic mass is 32.3. The van der Waals surface area contributed by atoms with Crippen molar-refractivity contribution in [2.75, 3.05) is 35.5 Å². The lowest BCUT2D eigenvalue weighted by atomic mass is 10.1. The second kappa shape index (κ2) is 25.6. The highest BCUT2D eigenvalue weighted by Gasteiger charge is 2.30. The van der Waals surface area contributed by atoms with Crippen LogP contribution in [0.4, 0.5) is 0 Å². The Kier molecular flexibility index (Phi) is 21.8. The molecular weight excluding hydrogens is 953 g/mol. The molecule has 0 unspecified atom stereocenters. The van der Waals surface area contributed by atoms with Gasteiger partial charge in [0.1, 0.15) is 0 Å². The highest BCUT2D eigenvalue weighted by molar-refractivity contribution is 8.46. The number of hydrogen-bond donors (Lipinski definition) is 0. The summed E-state index contributed by atoms with van der Waals surface area (Å²) < 4.78 is 14.9. The van der Waals surface area contributed by atoms with Crippen LogP contribution in [-0.4, -0.2) is 35.5 Å².